The van der Waals surface area contributed by atoms with Gasteiger partial charge in [-0.05, 0) is 47.4 Å². The van der Waals surface area contributed by atoms with Crippen molar-refractivity contribution >= 4 is 29.0 Å². The van der Waals surface area contributed by atoms with Gasteiger partial charge in [-0.1, -0.05) is 47.5 Å². The summed E-state index contributed by atoms with van der Waals surface area (Å²) in [6, 6.07) is 21.6. The number of carbonyl (C=O) groups is 1. The quantitative estimate of drug-likeness (QED) is 0.135. The van der Waals surface area contributed by atoms with Crippen molar-refractivity contribution in [2.45, 2.75) is 13.8 Å². The van der Waals surface area contributed by atoms with Crippen LogP contribution in [0.1, 0.15) is 13.8 Å². The molecule has 2 aromatic carbocycles. The van der Waals surface area contributed by atoms with Crippen molar-refractivity contribution in [2.75, 3.05) is 0 Å². The standard InChI is InChI=1S/2C11H6ClFN.C5H8O2.Ir/c2*12-8-4-5-9(10(13)7-8)11-3-1-2-6-14-11;1-4(6)3-5(2)7;/h2*1-4,6-7H;3,6H,1-2H3;/q2*-1;;/b;;4-3-;. The number of nitrogens with zero attached hydrogens (tertiary/aromatic N) is 2. The molecule has 0 unspecified atom stereocenters. The van der Waals surface area contributed by atoms with Crippen LogP contribution in [0.25, 0.3) is 22.5 Å². The number of rotatable bonds is 3. The number of ketones is 1. The zero-order valence-corrected chi connectivity index (χ0v) is 23.0. The van der Waals surface area contributed by atoms with Crippen molar-refractivity contribution in [1.82, 2.24) is 9.97 Å². The van der Waals surface area contributed by atoms with Crippen LogP contribution in [0.2, 0.25) is 10.0 Å². The third kappa shape index (κ3) is 10.8. The Morgan fingerprint density at radius 1 is 0.861 bits per heavy atom. The van der Waals surface area contributed by atoms with E-state index in [0.717, 1.165) is 0 Å². The van der Waals surface area contributed by atoms with Crippen LogP contribution in [0, 0.1) is 23.8 Å². The first-order valence-electron chi connectivity index (χ1n) is 10.1. The molecule has 4 aromatic rings. The van der Waals surface area contributed by atoms with Crippen LogP contribution in [0.5, 0.6) is 0 Å². The maximum Gasteiger partial charge on any atom is 0.155 e. The molecule has 0 saturated heterocycles. The Morgan fingerprint density at radius 3 is 1.53 bits per heavy atom. The predicted octanol–water partition coefficient (Wildman–Crippen LogP) is 7.72. The van der Waals surface area contributed by atoms with Crippen molar-refractivity contribution in [1.29, 1.82) is 0 Å². The molecule has 0 fully saturated rings. The summed E-state index contributed by atoms with van der Waals surface area (Å²) in [7, 11) is 0. The van der Waals surface area contributed by atoms with Crippen LogP contribution < -0.4 is 0 Å². The van der Waals surface area contributed by atoms with Gasteiger partial charge < -0.3 is 15.1 Å². The number of aliphatic hydroxyl groups is 1. The molecule has 189 valence electrons. The fourth-order valence-corrected chi connectivity index (χ4v) is 2.90. The molecule has 0 saturated carbocycles. The minimum absolute atomic E-state index is 0. The Morgan fingerprint density at radius 2 is 1.28 bits per heavy atom. The fraction of sp³-hybridized carbons (Fsp3) is 0.0741. The first kappa shape index (κ1) is 31.1. The molecule has 0 atom stereocenters. The van der Waals surface area contributed by atoms with Crippen LogP contribution >= 0.6 is 23.2 Å². The summed E-state index contributed by atoms with van der Waals surface area (Å²) in [4.78, 5) is 18.1. The van der Waals surface area contributed by atoms with E-state index in [0.29, 0.717) is 32.6 Å². The van der Waals surface area contributed by atoms with Crippen LogP contribution in [0.15, 0.2) is 84.9 Å². The molecular weight excluding hydrogens is 685 g/mol. The molecule has 2 aromatic heterocycles. The predicted molar refractivity (Wildman–Crippen MR) is 134 cm³/mol. The molecule has 4 nitrogen and oxygen atoms in total. The Labute approximate surface area is 232 Å². The van der Waals surface area contributed by atoms with Crippen LogP contribution in [0.3, 0.4) is 0 Å². The number of hydrogen-bond acceptors (Lipinski definition) is 4. The number of allylic oxidation sites excluding steroid dienone is 2. The molecule has 36 heavy (non-hydrogen) atoms. The second kappa shape index (κ2) is 15.9. The van der Waals surface area contributed by atoms with Gasteiger partial charge in [-0.2, -0.15) is 0 Å². The Kier molecular flexibility index (Phi) is 13.7. The molecule has 0 aliphatic carbocycles. The maximum atomic E-state index is 13.4. The van der Waals surface area contributed by atoms with E-state index >= 15 is 0 Å². The van der Waals surface area contributed by atoms with Crippen LogP contribution in [-0.2, 0) is 24.9 Å². The van der Waals surface area contributed by atoms with Gasteiger partial charge >= 0.3 is 0 Å². The molecule has 0 aliphatic heterocycles. The summed E-state index contributed by atoms with van der Waals surface area (Å²) in [6.07, 6.45) is 4.38. The van der Waals surface area contributed by atoms with Crippen LogP contribution in [-0.4, -0.2) is 20.9 Å². The van der Waals surface area contributed by atoms with Crippen molar-refractivity contribution in [3.8, 4) is 22.5 Å². The second-order valence-electron chi connectivity index (χ2n) is 6.91. The minimum Gasteiger partial charge on any atom is -0.512 e. The smallest absolute Gasteiger partial charge is 0.155 e. The van der Waals surface area contributed by atoms with Crippen molar-refractivity contribution in [3.05, 3.63) is 119 Å². The van der Waals surface area contributed by atoms with Crippen molar-refractivity contribution in [3.63, 3.8) is 0 Å². The summed E-state index contributed by atoms with van der Waals surface area (Å²) in [5.74, 6) is -0.875. The molecule has 0 spiro atoms. The molecule has 2 heterocycles. The van der Waals surface area contributed by atoms with Gasteiger partial charge in [0.05, 0.1) is 5.76 Å². The largest absolute Gasteiger partial charge is 0.512 e. The normalized spacial score (nSPS) is 10.1. The van der Waals surface area contributed by atoms with E-state index in [9.17, 15) is 13.6 Å². The van der Waals surface area contributed by atoms with Gasteiger partial charge in [-0.25, -0.2) is 0 Å². The zero-order valence-electron chi connectivity index (χ0n) is 19.1. The van der Waals surface area contributed by atoms with Gasteiger partial charge in [0, 0.05) is 50.2 Å². The Balaban J connectivity index is 0.000000283. The van der Waals surface area contributed by atoms with Gasteiger partial charge in [-0.3, -0.25) is 13.6 Å². The number of hydrogen-bond donors (Lipinski definition) is 1. The number of aliphatic hydroxyl groups excluding tert-OH is 1. The number of benzene rings is 2. The van der Waals surface area contributed by atoms with E-state index < -0.39 is 11.6 Å². The van der Waals surface area contributed by atoms with Gasteiger partial charge in [-0.15, -0.1) is 47.5 Å². The first-order chi connectivity index (χ1) is 16.7. The summed E-state index contributed by atoms with van der Waals surface area (Å²) in [5.41, 5.74) is 1.80. The van der Waals surface area contributed by atoms with Gasteiger partial charge in [0.15, 0.2) is 5.78 Å². The van der Waals surface area contributed by atoms with Gasteiger partial charge in [0.2, 0.25) is 0 Å². The maximum absolute atomic E-state index is 13.4. The van der Waals surface area contributed by atoms with Crippen LogP contribution in [0.4, 0.5) is 8.78 Å². The summed E-state index contributed by atoms with van der Waals surface area (Å²) < 4.78 is 26.8. The monoisotopic (exact) mass is 705 g/mol. The van der Waals surface area contributed by atoms with E-state index in [2.05, 4.69) is 22.1 Å². The first-order valence-corrected chi connectivity index (χ1v) is 10.9. The number of aromatic nitrogens is 2. The topological polar surface area (TPSA) is 63.1 Å². The summed E-state index contributed by atoms with van der Waals surface area (Å²) >= 11 is 11.2. The third-order valence-electron chi connectivity index (χ3n) is 3.97. The van der Waals surface area contributed by atoms with Gasteiger partial charge in [0.25, 0.3) is 0 Å². The molecule has 0 amide bonds. The molecule has 9 heteroatoms. The van der Waals surface area contributed by atoms with E-state index in [4.69, 9.17) is 28.3 Å². The molecule has 0 aliphatic rings. The van der Waals surface area contributed by atoms with Gasteiger partial charge in [0.1, 0.15) is 0 Å². The van der Waals surface area contributed by atoms with E-state index in [-0.39, 0.29) is 31.6 Å². The van der Waals surface area contributed by atoms with E-state index in [1.807, 2.05) is 0 Å². The van der Waals surface area contributed by atoms with Crippen molar-refractivity contribution in [2.24, 2.45) is 0 Å². The second-order valence-corrected chi connectivity index (χ2v) is 7.78. The molecular formula is C27H20Cl2F2IrN2O2-2. The fourth-order valence-electron chi connectivity index (χ4n) is 2.60. The summed E-state index contributed by atoms with van der Waals surface area (Å²) in [5, 5.41) is 9.03. The zero-order chi connectivity index (χ0) is 25.8. The Hall–Kier alpha value is -2.96. The van der Waals surface area contributed by atoms with E-state index in [1.54, 1.807) is 48.8 Å². The number of halogens is 4. The molecule has 0 bridgehead atoms. The Bertz CT molecular complexity index is 1200. The molecule has 4 rings (SSSR count). The SMILES string of the molecule is CC(=O)/C=C(/C)O.Fc1cc(Cl)c[c-]c1-c1ccccn1.Fc1cc(Cl)c[c-]c1-c1ccccn1.[Ir]. The average Bonchev–Trinajstić information content (AvgIpc) is 2.80. The van der Waals surface area contributed by atoms with Crippen molar-refractivity contribution < 1.29 is 38.8 Å². The van der Waals surface area contributed by atoms with E-state index in [1.165, 1.54) is 44.2 Å². The summed E-state index contributed by atoms with van der Waals surface area (Å²) in [6.45, 7) is 2.85. The minimum atomic E-state index is -0.406. The molecule has 1 radical (unpaired) electrons. The number of pyridine rings is 2. The average molecular weight is 706 g/mol. The third-order valence-corrected chi connectivity index (χ3v) is 4.41. The number of carbonyl (C=O) groups excluding carboxylic acids is 1. The molecule has 1 N–H and O–H groups in total.